The second-order valence-electron chi connectivity index (χ2n) is 7.63. The Balaban J connectivity index is 2.97. The fraction of sp³-hybridized carbons (Fsp3) is 0.944. The molecule has 22 heavy (non-hydrogen) atoms. The van der Waals surface area contributed by atoms with Crippen LogP contribution in [0.4, 0.5) is 0 Å². The molecule has 1 fully saturated rings. The molecule has 3 unspecified atom stereocenters. The smallest absolute Gasteiger partial charge is 0.321 e. The lowest BCUT2D eigenvalue weighted by atomic mass is 9.69. The minimum atomic E-state index is -0.678. The monoisotopic (exact) mass is 313 g/mol. The molecule has 1 aliphatic rings. The topological polar surface area (TPSA) is 49.8 Å². The molecule has 1 saturated heterocycles. The minimum Gasteiger partial charge on any atom is -0.480 e. The largest absolute Gasteiger partial charge is 0.480 e. The molecule has 1 N–H and O–H groups in total. The number of ether oxygens (including phenoxy) is 1. The number of carboxylic acid groups (broad SMARTS) is 1. The molecule has 1 rings (SSSR count). The maximum absolute atomic E-state index is 11.8. The second-order valence-corrected chi connectivity index (χ2v) is 7.63. The Morgan fingerprint density at radius 2 is 2.05 bits per heavy atom. The molecule has 3 atom stereocenters. The predicted molar refractivity (Wildman–Crippen MR) is 90.0 cm³/mol. The third-order valence-electron chi connectivity index (χ3n) is 5.61. The summed E-state index contributed by atoms with van der Waals surface area (Å²) in [5, 5.41) is 9.66. The minimum absolute atomic E-state index is 0.104. The molecule has 0 aliphatic carbocycles. The van der Waals surface area contributed by atoms with E-state index in [-0.39, 0.29) is 17.4 Å². The summed E-state index contributed by atoms with van der Waals surface area (Å²) in [7, 11) is 1.75. The normalized spacial score (nSPS) is 23.0. The van der Waals surface area contributed by atoms with Gasteiger partial charge in [0.1, 0.15) is 6.04 Å². The molecule has 0 aromatic heterocycles. The number of hydrogen-bond donors (Lipinski definition) is 1. The standard InChI is InChI=1S/C18H35NO3/c1-7-14(10-12-22-6)18(4,5)15-9-8-11-19(15)16(13(2)3)17(20)21/h13-16H,7-12H2,1-6H3,(H,20,21). The van der Waals surface area contributed by atoms with Crippen molar-refractivity contribution in [3.8, 4) is 0 Å². The summed E-state index contributed by atoms with van der Waals surface area (Å²) in [5.74, 6) is 0.00949. The Hall–Kier alpha value is -0.610. The Morgan fingerprint density at radius 3 is 2.50 bits per heavy atom. The number of nitrogens with zero attached hydrogens (tertiary/aromatic N) is 1. The molecule has 1 aliphatic heterocycles. The third-order valence-corrected chi connectivity index (χ3v) is 5.61. The van der Waals surface area contributed by atoms with E-state index < -0.39 is 5.97 Å². The molecule has 0 radical (unpaired) electrons. The van der Waals surface area contributed by atoms with Crippen LogP contribution in [0.5, 0.6) is 0 Å². The first-order valence-corrected chi connectivity index (χ1v) is 8.74. The lowest BCUT2D eigenvalue weighted by Gasteiger charge is -2.45. The average molecular weight is 313 g/mol. The van der Waals surface area contributed by atoms with Crippen molar-refractivity contribution in [2.75, 3.05) is 20.3 Å². The molecule has 0 aromatic rings. The Morgan fingerprint density at radius 1 is 1.41 bits per heavy atom. The van der Waals surface area contributed by atoms with Crippen molar-refractivity contribution < 1.29 is 14.6 Å². The summed E-state index contributed by atoms with van der Waals surface area (Å²) >= 11 is 0. The highest BCUT2D eigenvalue weighted by molar-refractivity contribution is 5.74. The van der Waals surface area contributed by atoms with Crippen LogP contribution in [-0.2, 0) is 9.53 Å². The van der Waals surface area contributed by atoms with Gasteiger partial charge < -0.3 is 9.84 Å². The molecular weight excluding hydrogens is 278 g/mol. The first-order chi connectivity index (χ1) is 10.3. The number of methoxy groups -OCH3 is 1. The molecule has 0 bridgehead atoms. The molecule has 1 heterocycles. The molecule has 0 aromatic carbocycles. The summed E-state index contributed by atoms with van der Waals surface area (Å²) in [6.07, 6.45) is 4.36. The van der Waals surface area contributed by atoms with Crippen LogP contribution in [-0.4, -0.2) is 48.3 Å². The van der Waals surface area contributed by atoms with Crippen LogP contribution in [0, 0.1) is 17.3 Å². The van der Waals surface area contributed by atoms with Gasteiger partial charge in [-0.25, -0.2) is 0 Å². The van der Waals surface area contributed by atoms with Gasteiger partial charge in [0, 0.05) is 19.8 Å². The third kappa shape index (κ3) is 4.23. The van der Waals surface area contributed by atoms with Crippen LogP contribution in [0.3, 0.4) is 0 Å². The van der Waals surface area contributed by atoms with Gasteiger partial charge in [-0.2, -0.15) is 0 Å². The highest BCUT2D eigenvalue weighted by atomic mass is 16.5. The van der Waals surface area contributed by atoms with Gasteiger partial charge in [-0.15, -0.1) is 0 Å². The van der Waals surface area contributed by atoms with Gasteiger partial charge in [-0.1, -0.05) is 41.0 Å². The Kier molecular flexibility index (Phi) is 7.33. The fourth-order valence-corrected chi connectivity index (χ4v) is 4.37. The van der Waals surface area contributed by atoms with Gasteiger partial charge >= 0.3 is 5.97 Å². The quantitative estimate of drug-likeness (QED) is 0.706. The first kappa shape index (κ1) is 19.4. The maximum atomic E-state index is 11.8. The lowest BCUT2D eigenvalue weighted by Crippen LogP contribution is -2.53. The van der Waals surface area contributed by atoms with Crippen LogP contribution in [0.1, 0.15) is 60.3 Å². The van der Waals surface area contributed by atoms with Crippen LogP contribution >= 0.6 is 0 Å². The summed E-state index contributed by atoms with van der Waals surface area (Å²) in [6, 6.07) is -0.0236. The zero-order valence-corrected chi connectivity index (χ0v) is 15.3. The zero-order valence-electron chi connectivity index (χ0n) is 15.3. The van der Waals surface area contributed by atoms with Gasteiger partial charge in [-0.3, -0.25) is 9.69 Å². The van der Waals surface area contributed by atoms with E-state index in [0.717, 1.165) is 38.8 Å². The van der Waals surface area contributed by atoms with Gasteiger partial charge in [0.25, 0.3) is 0 Å². The van der Waals surface area contributed by atoms with Crippen molar-refractivity contribution in [1.29, 1.82) is 0 Å². The van der Waals surface area contributed by atoms with Crippen LogP contribution < -0.4 is 0 Å². The molecular formula is C18H35NO3. The SMILES string of the molecule is CCC(CCOC)C(C)(C)C1CCCN1C(C(=O)O)C(C)C. The van der Waals surface area contributed by atoms with Crippen LogP contribution in [0.25, 0.3) is 0 Å². The fourth-order valence-electron chi connectivity index (χ4n) is 4.37. The summed E-state index contributed by atoms with van der Waals surface area (Å²) in [4.78, 5) is 14.0. The number of hydrogen-bond acceptors (Lipinski definition) is 3. The lowest BCUT2D eigenvalue weighted by molar-refractivity contribution is -0.147. The summed E-state index contributed by atoms with van der Waals surface area (Å²) in [5.41, 5.74) is 0.104. The van der Waals surface area contributed by atoms with E-state index >= 15 is 0 Å². The van der Waals surface area contributed by atoms with E-state index in [0.29, 0.717) is 12.0 Å². The highest BCUT2D eigenvalue weighted by Gasteiger charge is 2.46. The molecule has 0 spiro atoms. The highest BCUT2D eigenvalue weighted by Crippen LogP contribution is 2.43. The Labute approximate surface area is 136 Å². The number of carbonyl (C=O) groups is 1. The van der Waals surface area contributed by atoms with E-state index in [1.807, 2.05) is 13.8 Å². The van der Waals surface area contributed by atoms with Crippen molar-refractivity contribution in [3.63, 3.8) is 0 Å². The number of aliphatic carboxylic acids is 1. The Bertz CT molecular complexity index is 354. The van der Waals surface area contributed by atoms with E-state index in [2.05, 4.69) is 25.7 Å². The van der Waals surface area contributed by atoms with Crippen molar-refractivity contribution >= 4 is 5.97 Å². The summed E-state index contributed by atoms with van der Waals surface area (Å²) < 4.78 is 5.27. The van der Waals surface area contributed by atoms with Crippen molar-refractivity contribution in [2.45, 2.75) is 72.4 Å². The van der Waals surface area contributed by atoms with Gasteiger partial charge in [0.05, 0.1) is 0 Å². The molecule has 130 valence electrons. The van der Waals surface area contributed by atoms with E-state index in [9.17, 15) is 9.90 Å². The molecule has 0 saturated carbocycles. The second kappa shape index (κ2) is 8.30. The maximum Gasteiger partial charge on any atom is 0.321 e. The van der Waals surface area contributed by atoms with Crippen molar-refractivity contribution in [2.24, 2.45) is 17.3 Å². The number of rotatable bonds is 9. The van der Waals surface area contributed by atoms with Crippen LogP contribution in [0.2, 0.25) is 0 Å². The van der Waals surface area contributed by atoms with Gasteiger partial charge in [0.2, 0.25) is 0 Å². The first-order valence-electron chi connectivity index (χ1n) is 8.74. The molecule has 4 heteroatoms. The molecule has 0 amide bonds. The van der Waals surface area contributed by atoms with Gasteiger partial charge in [-0.05, 0) is 43.1 Å². The van der Waals surface area contributed by atoms with E-state index in [1.54, 1.807) is 7.11 Å². The van der Waals surface area contributed by atoms with Crippen LogP contribution in [0.15, 0.2) is 0 Å². The molecule has 4 nitrogen and oxygen atoms in total. The number of likely N-dealkylation sites (tertiary alicyclic amines) is 1. The van der Waals surface area contributed by atoms with Crippen molar-refractivity contribution in [1.82, 2.24) is 4.90 Å². The number of carboxylic acids is 1. The van der Waals surface area contributed by atoms with Gasteiger partial charge in [0.15, 0.2) is 0 Å². The van der Waals surface area contributed by atoms with Crippen molar-refractivity contribution in [3.05, 3.63) is 0 Å². The predicted octanol–water partition coefficient (Wildman–Crippen LogP) is 3.65. The summed E-state index contributed by atoms with van der Waals surface area (Å²) in [6.45, 7) is 12.6. The average Bonchev–Trinajstić information content (AvgIpc) is 2.88. The van der Waals surface area contributed by atoms with E-state index in [1.165, 1.54) is 0 Å². The van der Waals surface area contributed by atoms with E-state index in [4.69, 9.17) is 4.74 Å². The zero-order chi connectivity index (χ0) is 16.9.